The highest BCUT2D eigenvalue weighted by atomic mass is 32.1. The SMILES string of the molecule is CCOc1cc(C(N)=S)ccc1OCCOc1ccc(C)cc1. The Kier molecular flexibility index (Phi) is 6.23. The molecule has 0 aliphatic rings. The molecular weight excluding hydrogens is 310 g/mol. The molecule has 0 saturated heterocycles. The van der Waals surface area contributed by atoms with E-state index in [1.54, 1.807) is 6.07 Å². The van der Waals surface area contributed by atoms with Crippen molar-refractivity contribution in [2.24, 2.45) is 5.73 Å². The second kappa shape index (κ2) is 8.39. The van der Waals surface area contributed by atoms with E-state index < -0.39 is 0 Å². The van der Waals surface area contributed by atoms with Gasteiger partial charge in [0.05, 0.1) is 6.61 Å². The summed E-state index contributed by atoms with van der Waals surface area (Å²) in [7, 11) is 0. The normalized spacial score (nSPS) is 10.2. The molecule has 0 aromatic heterocycles. The van der Waals surface area contributed by atoms with E-state index in [-0.39, 0.29) is 0 Å². The molecule has 0 unspecified atom stereocenters. The molecule has 4 nitrogen and oxygen atoms in total. The van der Waals surface area contributed by atoms with Crippen LogP contribution in [0, 0.1) is 6.92 Å². The lowest BCUT2D eigenvalue weighted by Gasteiger charge is -2.13. The van der Waals surface area contributed by atoms with Crippen LogP contribution in [-0.2, 0) is 0 Å². The first-order chi connectivity index (χ1) is 11.1. The van der Waals surface area contributed by atoms with Crippen molar-refractivity contribution in [1.29, 1.82) is 0 Å². The number of thiocarbonyl (C=S) groups is 1. The predicted molar refractivity (Wildman–Crippen MR) is 95.7 cm³/mol. The molecule has 2 aromatic carbocycles. The molecule has 23 heavy (non-hydrogen) atoms. The van der Waals surface area contributed by atoms with E-state index in [1.807, 2.05) is 50.2 Å². The van der Waals surface area contributed by atoms with Gasteiger partial charge in [-0.2, -0.15) is 0 Å². The second-order valence-corrected chi connectivity index (χ2v) is 5.41. The fourth-order valence-corrected chi connectivity index (χ4v) is 2.12. The summed E-state index contributed by atoms with van der Waals surface area (Å²) in [5.74, 6) is 2.11. The molecule has 5 heteroatoms. The zero-order chi connectivity index (χ0) is 16.7. The lowest BCUT2D eigenvalue weighted by atomic mass is 10.2. The van der Waals surface area contributed by atoms with Gasteiger partial charge in [0.2, 0.25) is 0 Å². The second-order valence-electron chi connectivity index (χ2n) is 4.97. The number of hydrogen-bond donors (Lipinski definition) is 1. The summed E-state index contributed by atoms with van der Waals surface area (Å²) >= 11 is 4.98. The van der Waals surface area contributed by atoms with Gasteiger partial charge in [0, 0.05) is 5.56 Å². The van der Waals surface area contributed by atoms with Crippen molar-refractivity contribution >= 4 is 17.2 Å². The van der Waals surface area contributed by atoms with Gasteiger partial charge in [0.15, 0.2) is 11.5 Å². The minimum absolute atomic E-state index is 0.334. The van der Waals surface area contributed by atoms with Crippen molar-refractivity contribution in [2.75, 3.05) is 19.8 Å². The first-order valence-electron chi connectivity index (χ1n) is 7.49. The minimum atomic E-state index is 0.334. The van der Waals surface area contributed by atoms with Crippen molar-refractivity contribution in [2.45, 2.75) is 13.8 Å². The molecule has 0 aliphatic carbocycles. The van der Waals surface area contributed by atoms with Crippen LogP contribution in [0.5, 0.6) is 17.2 Å². The van der Waals surface area contributed by atoms with Gasteiger partial charge in [-0.05, 0) is 44.2 Å². The number of ether oxygens (including phenoxy) is 3. The molecular formula is C18H21NO3S. The average molecular weight is 331 g/mol. The first kappa shape index (κ1) is 17.1. The maximum atomic E-state index is 5.74. The van der Waals surface area contributed by atoms with Crippen LogP contribution in [-0.4, -0.2) is 24.8 Å². The minimum Gasteiger partial charge on any atom is -0.490 e. The van der Waals surface area contributed by atoms with Crippen LogP contribution in [0.3, 0.4) is 0 Å². The van der Waals surface area contributed by atoms with Crippen LogP contribution < -0.4 is 19.9 Å². The van der Waals surface area contributed by atoms with Gasteiger partial charge in [-0.1, -0.05) is 29.9 Å². The van der Waals surface area contributed by atoms with Crippen LogP contribution >= 0.6 is 12.2 Å². The third-order valence-corrected chi connectivity index (χ3v) is 3.39. The van der Waals surface area contributed by atoms with Crippen LogP contribution in [0.25, 0.3) is 0 Å². The Morgan fingerprint density at radius 2 is 1.65 bits per heavy atom. The number of aryl methyl sites for hydroxylation is 1. The van der Waals surface area contributed by atoms with E-state index in [2.05, 4.69) is 0 Å². The van der Waals surface area contributed by atoms with Crippen LogP contribution in [0.15, 0.2) is 42.5 Å². The van der Waals surface area contributed by atoms with Crippen LogP contribution in [0.4, 0.5) is 0 Å². The first-order valence-corrected chi connectivity index (χ1v) is 7.90. The molecule has 2 N–H and O–H groups in total. The van der Waals surface area contributed by atoms with Gasteiger partial charge >= 0.3 is 0 Å². The Hall–Kier alpha value is -2.27. The Balaban J connectivity index is 1.91. The third-order valence-electron chi connectivity index (χ3n) is 3.16. The summed E-state index contributed by atoms with van der Waals surface area (Å²) in [6.07, 6.45) is 0. The number of hydrogen-bond acceptors (Lipinski definition) is 4. The van der Waals surface area contributed by atoms with Gasteiger partial charge in [-0.25, -0.2) is 0 Å². The molecule has 0 bridgehead atoms. The standard InChI is InChI=1S/C18H21NO3S/c1-3-20-17-12-14(18(19)23)6-9-16(17)22-11-10-21-15-7-4-13(2)5-8-15/h4-9,12H,3,10-11H2,1-2H3,(H2,19,23). The molecule has 2 rings (SSSR count). The zero-order valence-corrected chi connectivity index (χ0v) is 14.2. The quantitative estimate of drug-likeness (QED) is 0.593. The van der Waals surface area contributed by atoms with E-state index >= 15 is 0 Å². The molecule has 0 fully saturated rings. The summed E-state index contributed by atoms with van der Waals surface area (Å²) in [5.41, 5.74) is 7.60. The number of nitrogens with two attached hydrogens (primary N) is 1. The molecule has 0 aliphatic heterocycles. The summed E-state index contributed by atoms with van der Waals surface area (Å²) in [5, 5.41) is 0. The molecule has 0 atom stereocenters. The molecule has 0 amide bonds. The van der Waals surface area contributed by atoms with Crippen molar-refractivity contribution in [1.82, 2.24) is 0 Å². The summed E-state index contributed by atoms with van der Waals surface area (Å²) in [4.78, 5) is 0.334. The van der Waals surface area contributed by atoms with Gasteiger partial charge in [-0.15, -0.1) is 0 Å². The Bertz CT molecular complexity index is 656. The fraction of sp³-hybridized carbons (Fsp3) is 0.278. The topological polar surface area (TPSA) is 53.7 Å². The van der Waals surface area contributed by atoms with Gasteiger partial charge in [-0.3, -0.25) is 0 Å². The maximum Gasteiger partial charge on any atom is 0.161 e. The summed E-state index contributed by atoms with van der Waals surface area (Å²) in [6, 6.07) is 13.3. The molecule has 0 saturated carbocycles. The van der Waals surface area contributed by atoms with E-state index in [9.17, 15) is 0 Å². The van der Waals surface area contributed by atoms with Crippen molar-refractivity contribution < 1.29 is 14.2 Å². The Morgan fingerprint density at radius 1 is 0.957 bits per heavy atom. The van der Waals surface area contributed by atoms with E-state index in [1.165, 1.54) is 5.56 Å². The largest absolute Gasteiger partial charge is 0.490 e. The monoisotopic (exact) mass is 331 g/mol. The predicted octanol–water partition coefficient (Wildman–Crippen LogP) is 3.49. The third kappa shape index (κ3) is 5.14. The highest BCUT2D eigenvalue weighted by Gasteiger charge is 2.08. The van der Waals surface area contributed by atoms with Gasteiger partial charge < -0.3 is 19.9 Å². The van der Waals surface area contributed by atoms with Gasteiger partial charge in [0.25, 0.3) is 0 Å². The smallest absolute Gasteiger partial charge is 0.161 e. The molecule has 2 aromatic rings. The highest BCUT2D eigenvalue weighted by molar-refractivity contribution is 7.80. The lowest BCUT2D eigenvalue weighted by molar-refractivity contribution is 0.208. The fourth-order valence-electron chi connectivity index (χ4n) is 1.99. The van der Waals surface area contributed by atoms with Crippen LogP contribution in [0.2, 0.25) is 0 Å². The van der Waals surface area contributed by atoms with Crippen LogP contribution in [0.1, 0.15) is 18.1 Å². The lowest BCUT2D eigenvalue weighted by Crippen LogP contribution is -2.12. The molecule has 0 spiro atoms. The Labute approximate surface area is 142 Å². The van der Waals surface area contributed by atoms with Crippen molar-refractivity contribution in [3.05, 3.63) is 53.6 Å². The van der Waals surface area contributed by atoms with E-state index in [4.69, 9.17) is 32.2 Å². The van der Waals surface area contributed by atoms with E-state index in [0.717, 1.165) is 11.3 Å². The van der Waals surface area contributed by atoms with Crippen molar-refractivity contribution in [3.63, 3.8) is 0 Å². The maximum absolute atomic E-state index is 5.74. The number of benzene rings is 2. The Morgan fingerprint density at radius 3 is 2.30 bits per heavy atom. The zero-order valence-electron chi connectivity index (χ0n) is 13.4. The molecule has 122 valence electrons. The summed E-state index contributed by atoms with van der Waals surface area (Å²) in [6.45, 7) is 5.36. The highest BCUT2D eigenvalue weighted by Crippen LogP contribution is 2.28. The average Bonchev–Trinajstić information content (AvgIpc) is 2.54. The van der Waals surface area contributed by atoms with E-state index in [0.29, 0.717) is 36.3 Å². The van der Waals surface area contributed by atoms with Crippen molar-refractivity contribution in [3.8, 4) is 17.2 Å². The van der Waals surface area contributed by atoms with Gasteiger partial charge in [0.1, 0.15) is 24.0 Å². The summed E-state index contributed by atoms with van der Waals surface area (Å²) < 4.78 is 16.9. The molecule has 0 heterocycles. The number of rotatable bonds is 8. The molecule has 0 radical (unpaired) electrons.